The highest BCUT2D eigenvalue weighted by Crippen LogP contribution is 2.45. The molecule has 0 aromatic carbocycles. The Labute approximate surface area is 118 Å². The number of aromatic nitrogens is 3. The lowest BCUT2D eigenvalue weighted by molar-refractivity contribution is -0.0713. The Morgan fingerprint density at radius 1 is 1.45 bits per heavy atom. The summed E-state index contributed by atoms with van der Waals surface area (Å²) in [6, 6.07) is -0.107. The predicted molar refractivity (Wildman–Crippen MR) is 71.4 cm³/mol. The molecule has 0 bridgehead atoms. The van der Waals surface area contributed by atoms with Crippen LogP contribution >= 0.6 is 0 Å². The summed E-state index contributed by atoms with van der Waals surface area (Å²) in [5.74, 6) is 0. The van der Waals surface area contributed by atoms with E-state index in [1.165, 1.54) is 10.9 Å². The molecular formula is C12H20N4O3S. The van der Waals surface area contributed by atoms with Gasteiger partial charge in [0.25, 0.3) is 10.0 Å². The lowest BCUT2D eigenvalue weighted by Crippen LogP contribution is -2.68. The smallest absolute Gasteiger partial charge is 0.262 e. The van der Waals surface area contributed by atoms with Gasteiger partial charge in [0.1, 0.15) is 0 Å². The average molecular weight is 300 g/mol. The molecule has 2 unspecified atom stereocenters. The quantitative estimate of drug-likeness (QED) is 0.807. The van der Waals surface area contributed by atoms with Crippen molar-refractivity contribution in [3.8, 4) is 0 Å². The molecule has 2 fully saturated rings. The zero-order valence-electron chi connectivity index (χ0n) is 12.0. The van der Waals surface area contributed by atoms with Crippen molar-refractivity contribution in [3.63, 3.8) is 0 Å². The number of ether oxygens (including phenoxy) is 1. The summed E-state index contributed by atoms with van der Waals surface area (Å²) >= 11 is 0. The maximum Gasteiger partial charge on any atom is 0.262 e. The summed E-state index contributed by atoms with van der Waals surface area (Å²) in [5.41, 5.74) is -0.0614. The molecule has 2 aliphatic heterocycles. The first-order valence-corrected chi connectivity index (χ1v) is 8.26. The highest BCUT2D eigenvalue weighted by atomic mass is 32.2. The van der Waals surface area contributed by atoms with Gasteiger partial charge in [-0.25, -0.2) is 13.1 Å². The van der Waals surface area contributed by atoms with Gasteiger partial charge in [0, 0.05) is 20.2 Å². The fraction of sp³-hybridized carbons (Fsp3) is 0.833. The highest BCUT2D eigenvalue weighted by Gasteiger charge is 2.56. The van der Waals surface area contributed by atoms with Crippen LogP contribution in [0.5, 0.6) is 0 Å². The summed E-state index contributed by atoms with van der Waals surface area (Å²) in [6.45, 7) is 5.41. The van der Waals surface area contributed by atoms with E-state index in [1.54, 1.807) is 11.4 Å². The average Bonchev–Trinajstić information content (AvgIpc) is 2.98. The molecule has 0 aliphatic carbocycles. The Morgan fingerprint density at radius 3 is 2.70 bits per heavy atom. The number of nitrogens with zero attached hydrogens (tertiary/aromatic N) is 4. The molecular weight excluding hydrogens is 280 g/mol. The van der Waals surface area contributed by atoms with E-state index in [-0.39, 0.29) is 22.6 Å². The topological polar surface area (TPSA) is 77.3 Å². The second kappa shape index (κ2) is 4.51. The molecule has 0 radical (unpaired) electrons. The Kier molecular flexibility index (Phi) is 3.15. The van der Waals surface area contributed by atoms with Crippen LogP contribution in [0.3, 0.4) is 0 Å². The molecule has 1 aromatic heterocycles. The SMILES string of the molecule is Cn1nncc1S(=O)(=O)N1CC(C)(C)C1C1CCCO1. The number of sulfonamides is 1. The van der Waals surface area contributed by atoms with Crippen LogP contribution in [0, 0.1) is 5.41 Å². The molecule has 1 aromatic rings. The van der Waals surface area contributed by atoms with Gasteiger partial charge in [0.2, 0.25) is 0 Å². The van der Waals surface area contributed by atoms with Crippen molar-refractivity contribution in [2.45, 2.75) is 43.9 Å². The van der Waals surface area contributed by atoms with Crippen LogP contribution in [0.4, 0.5) is 0 Å². The van der Waals surface area contributed by atoms with E-state index in [0.717, 1.165) is 19.4 Å². The second-order valence-electron chi connectivity index (χ2n) is 6.23. The van der Waals surface area contributed by atoms with Gasteiger partial charge in [-0.3, -0.25) is 0 Å². The Hall–Kier alpha value is -0.990. The summed E-state index contributed by atoms with van der Waals surface area (Å²) in [6.07, 6.45) is 3.21. The van der Waals surface area contributed by atoms with Crippen LogP contribution in [-0.2, 0) is 21.8 Å². The van der Waals surface area contributed by atoms with Crippen LogP contribution in [0.1, 0.15) is 26.7 Å². The van der Waals surface area contributed by atoms with Crippen molar-refractivity contribution in [2.75, 3.05) is 13.2 Å². The van der Waals surface area contributed by atoms with Crippen molar-refractivity contribution in [2.24, 2.45) is 12.5 Å². The molecule has 7 nitrogen and oxygen atoms in total. The first-order chi connectivity index (χ1) is 9.34. The third kappa shape index (κ3) is 1.97. The third-order valence-electron chi connectivity index (χ3n) is 4.24. The minimum absolute atomic E-state index is 0.00490. The van der Waals surface area contributed by atoms with Crippen molar-refractivity contribution >= 4 is 10.0 Å². The molecule has 0 saturated carbocycles. The van der Waals surface area contributed by atoms with Gasteiger partial charge in [-0.15, -0.1) is 5.10 Å². The minimum Gasteiger partial charge on any atom is -0.377 e. The summed E-state index contributed by atoms with van der Waals surface area (Å²) in [5, 5.41) is 7.51. The molecule has 112 valence electrons. The van der Waals surface area contributed by atoms with Crippen LogP contribution in [-0.4, -0.2) is 53.0 Å². The standard InChI is InChI=1S/C12H20N4O3S/c1-12(2)8-16(11(12)9-5-4-6-19-9)20(17,18)10-7-13-14-15(10)3/h7,9,11H,4-6,8H2,1-3H3. The van der Waals surface area contributed by atoms with E-state index >= 15 is 0 Å². The van der Waals surface area contributed by atoms with Crippen molar-refractivity contribution in [1.29, 1.82) is 0 Å². The first-order valence-electron chi connectivity index (χ1n) is 6.82. The van der Waals surface area contributed by atoms with Crippen molar-refractivity contribution in [1.82, 2.24) is 19.3 Å². The van der Waals surface area contributed by atoms with Crippen LogP contribution in [0.25, 0.3) is 0 Å². The van der Waals surface area contributed by atoms with Gasteiger partial charge in [0.15, 0.2) is 5.03 Å². The van der Waals surface area contributed by atoms with E-state index in [2.05, 4.69) is 24.2 Å². The molecule has 2 aliphatic rings. The third-order valence-corrected chi connectivity index (χ3v) is 6.11. The number of rotatable bonds is 3. The molecule has 3 rings (SSSR count). The van der Waals surface area contributed by atoms with E-state index in [9.17, 15) is 8.42 Å². The Balaban J connectivity index is 1.92. The van der Waals surface area contributed by atoms with Crippen LogP contribution < -0.4 is 0 Å². The molecule has 2 saturated heterocycles. The van der Waals surface area contributed by atoms with Crippen molar-refractivity contribution in [3.05, 3.63) is 6.20 Å². The summed E-state index contributed by atoms with van der Waals surface area (Å²) < 4.78 is 34.0. The molecule has 8 heteroatoms. The maximum absolute atomic E-state index is 12.7. The Morgan fingerprint density at radius 2 is 2.20 bits per heavy atom. The molecule has 0 spiro atoms. The van der Waals surface area contributed by atoms with E-state index in [0.29, 0.717) is 6.54 Å². The van der Waals surface area contributed by atoms with Gasteiger partial charge in [-0.05, 0) is 18.3 Å². The second-order valence-corrected chi connectivity index (χ2v) is 8.07. The van der Waals surface area contributed by atoms with Gasteiger partial charge < -0.3 is 4.74 Å². The van der Waals surface area contributed by atoms with Gasteiger partial charge in [0.05, 0.1) is 18.3 Å². The lowest BCUT2D eigenvalue weighted by Gasteiger charge is -2.54. The van der Waals surface area contributed by atoms with Gasteiger partial charge in [-0.1, -0.05) is 19.1 Å². The van der Waals surface area contributed by atoms with Crippen LogP contribution in [0.2, 0.25) is 0 Å². The summed E-state index contributed by atoms with van der Waals surface area (Å²) in [4.78, 5) is 0. The number of aryl methyl sites for hydroxylation is 1. The fourth-order valence-corrected chi connectivity index (χ4v) is 5.29. The molecule has 3 heterocycles. The monoisotopic (exact) mass is 300 g/mol. The number of hydrogen-bond acceptors (Lipinski definition) is 5. The zero-order chi connectivity index (χ0) is 14.5. The fourth-order valence-electron chi connectivity index (χ4n) is 3.28. The van der Waals surface area contributed by atoms with E-state index < -0.39 is 10.0 Å². The molecule has 20 heavy (non-hydrogen) atoms. The zero-order valence-corrected chi connectivity index (χ0v) is 12.8. The lowest BCUT2D eigenvalue weighted by atomic mass is 9.74. The van der Waals surface area contributed by atoms with Crippen LogP contribution in [0.15, 0.2) is 11.2 Å². The first kappa shape index (κ1) is 14.0. The van der Waals surface area contributed by atoms with E-state index in [1.807, 2.05) is 0 Å². The predicted octanol–water partition coefficient (Wildman–Crippen LogP) is 0.393. The van der Waals surface area contributed by atoms with Gasteiger partial charge >= 0.3 is 0 Å². The van der Waals surface area contributed by atoms with Crippen molar-refractivity contribution < 1.29 is 13.2 Å². The largest absolute Gasteiger partial charge is 0.377 e. The Bertz CT molecular complexity index is 604. The molecule has 0 amide bonds. The molecule has 0 N–H and O–H groups in total. The minimum atomic E-state index is -3.56. The van der Waals surface area contributed by atoms with E-state index in [4.69, 9.17) is 4.74 Å². The highest BCUT2D eigenvalue weighted by molar-refractivity contribution is 7.89. The van der Waals surface area contributed by atoms with Gasteiger partial charge in [-0.2, -0.15) is 4.31 Å². The summed E-state index contributed by atoms with van der Waals surface area (Å²) in [7, 11) is -1.97. The maximum atomic E-state index is 12.7. The number of hydrogen-bond donors (Lipinski definition) is 0. The molecule has 2 atom stereocenters. The normalized spacial score (nSPS) is 30.4.